The summed E-state index contributed by atoms with van der Waals surface area (Å²) in [5, 5.41) is 14.0. The molecule has 2 unspecified atom stereocenters. The molecule has 2 saturated heterocycles. The molecule has 114 valence electrons. The van der Waals surface area contributed by atoms with Crippen molar-refractivity contribution in [2.75, 3.05) is 26.2 Å². The fraction of sp³-hybridized carbons (Fsp3) is 0.938. The number of rotatable bonds is 2. The Morgan fingerprint density at radius 1 is 1.20 bits per heavy atom. The van der Waals surface area contributed by atoms with Gasteiger partial charge in [0.1, 0.15) is 0 Å². The Labute approximate surface area is 121 Å². The summed E-state index contributed by atoms with van der Waals surface area (Å²) in [5.74, 6) is 1.21. The van der Waals surface area contributed by atoms with Crippen LogP contribution in [0.25, 0.3) is 0 Å². The summed E-state index contributed by atoms with van der Waals surface area (Å²) < 4.78 is 0. The van der Waals surface area contributed by atoms with Crippen LogP contribution in [0.1, 0.15) is 51.4 Å². The molecule has 3 fully saturated rings. The lowest BCUT2D eigenvalue weighted by Gasteiger charge is -2.47. The molecule has 1 aliphatic carbocycles. The van der Waals surface area contributed by atoms with E-state index in [1.165, 1.54) is 6.42 Å². The van der Waals surface area contributed by atoms with Gasteiger partial charge in [0, 0.05) is 25.4 Å². The zero-order chi connectivity index (χ0) is 14.0. The average molecular weight is 280 g/mol. The monoisotopic (exact) mass is 280 g/mol. The van der Waals surface area contributed by atoms with Gasteiger partial charge in [-0.15, -0.1) is 0 Å². The molecule has 0 aromatic heterocycles. The minimum Gasteiger partial charge on any atom is -0.389 e. The van der Waals surface area contributed by atoms with Gasteiger partial charge in [0.15, 0.2) is 0 Å². The van der Waals surface area contributed by atoms with Crippen molar-refractivity contribution in [3.63, 3.8) is 0 Å². The van der Waals surface area contributed by atoms with E-state index >= 15 is 0 Å². The number of likely N-dealkylation sites (tertiary alicyclic amines) is 1. The van der Waals surface area contributed by atoms with Crippen molar-refractivity contribution in [2.45, 2.75) is 57.0 Å². The van der Waals surface area contributed by atoms with Crippen molar-refractivity contribution in [3.05, 3.63) is 0 Å². The van der Waals surface area contributed by atoms with Crippen LogP contribution >= 0.6 is 0 Å². The Hall–Kier alpha value is -0.610. The van der Waals surface area contributed by atoms with Gasteiger partial charge in [0.05, 0.1) is 5.60 Å². The normalized spacial score (nSPS) is 35.6. The van der Waals surface area contributed by atoms with E-state index in [2.05, 4.69) is 5.32 Å². The van der Waals surface area contributed by atoms with Crippen LogP contribution in [0, 0.1) is 11.8 Å². The van der Waals surface area contributed by atoms with E-state index in [0.717, 1.165) is 64.7 Å². The van der Waals surface area contributed by atoms with Crippen LogP contribution in [0.2, 0.25) is 0 Å². The Morgan fingerprint density at radius 3 is 2.80 bits per heavy atom. The van der Waals surface area contributed by atoms with E-state index in [9.17, 15) is 9.90 Å². The second kappa shape index (κ2) is 6.02. The minimum atomic E-state index is -0.468. The molecule has 0 radical (unpaired) electrons. The summed E-state index contributed by atoms with van der Waals surface area (Å²) in [5.41, 5.74) is -0.468. The highest BCUT2D eigenvalue weighted by atomic mass is 16.3. The molecular weight excluding hydrogens is 252 g/mol. The highest BCUT2D eigenvalue weighted by Gasteiger charge is 2.43. The van der Waals surface area contributed by atoms with Gasteiger partial charge in [-0.2, -0.15) is 0 Å². The van der Waals surface area contributed by atoms with Gasteiger partial charge >= 0.3 is 0 Å². The number of carbonyl (C=O) groups excluding carboxylic acids is 1. The van der Waals surface area contributed by atoms with E-state index in [1.807, 2.05) is 4.90 Å². The summed E-state index contributed by atoms with van der Waals surface area (Å²) in [6.45, 7) is 3.66. The lowest BCUT2D eigenvalue weighted by atomic mass is 9.71. The molecule has 0 spiro atoms. The van der Waals surface area contributed by atoms with Crippen LogP contribution in [0.4, 0.5) is 0 Å². The SMILES string of the molecule is O=C(CC1CCNCC1)N1CCC2(O)CCCCC2C1. The molecule has 0 aromatic carbocycles. The minimum absolute atomic E-state index is 0.321. The van der Waals surface area contributed by atoms with Gasteiger partial charge in [-0.3, -0.25) is 4.79 Å². The Kier molecular flexibility index (Phi) is 4.32. The number of nitrogens with one attached hydrogen (secondary N) is 1. The lowest BCUT2D eigenvalue weighted by Crippen LogP contribution is -2.54. The van der Waals surface area contributed by atoms with Gasteiger partial charge in [-0.25, -0.2) is 0 Å². The first-order chi connectivity index (χ1) is 9.67. The Bertz CT molecular complexity index is 354. The van der Waals surface area contributed by atoms with Gasteiger partial charge < -0.3 is 15.3 Å². The second-order valence-electron chi connectivity index (χ2n) is 7.03. The molecule has 4 heteroatoms. The number of nitrogens with zero attached hydrogens (tertiary/aromatic N) is 1. The maximum atomic E-state index is 12.5. The first kappa shape index (κ1) is 14.3. The van der Waals surface area contributed by atoms with E-state index < -0.39 is 5.60 Å². The molecule has 2 aliphatic heterocycles. The molecule has 2 atom stereocenters. The van der Waals surface area contributed by atoms with Gasteiger partial charge in [0.25, 0.3) is 0 Å². The second-order valence-corrected chi connectivity index (χ2v) is 7.03. The largest absolute Gasteiger partial charge is 0.389 e. The van der Waals surface area contributed by atoms with Gasteiger partial charge in [0.2, 0.25) is 5.91 Å². The molecule has 4 nitrogen and oxygen atoms in total. The number of piperidine rings is 2. The molecule has 2 N–H and O–H groups in total. The summed E-state index contributed by atoms with van der Waals surface area (Å²) in [4.78, 5) is 14.5. The van der Waals surface area contributed by atoms with Crippen LogP contribution < -0.4 is 5.32 Å². The number of carbonyl (C=O) groups is 1. The molecule has 20 heavy (non-hydrogen) atoms. The van der Waals surface area contributed by atoms with Crippen molar-refractivity contribution in [3.8, 4) is 0 Å². The Morgan fingerprint density at radius 2 is 2.00 bits per heavy atom. The van der Waals surface area contributed by atoms with Crippen LogP contribution in [-0.4, -0.2) is 47.7 Å². The molecule has 3 aliphatic rings. The topological polar surface area (TPSA) is 52.6 Å². The summed E-state index contributed by atoms with van der Waals surface area (Å²) >= 11 is 0. The van der Waals surface area contributed by atoms with Crippen LogP contribution in [0.3, 0.4) is 0 Å². The molecule has 1 amide bonds. The van der Waals surface area contributed by atoms with Gasteiger partial charge in [-0.1, -0.05) is 12.8 Å². The van der Waals surface area contributed by atoms with Crippen LogP contribution in [-0.2, 0) is 4.79 Å². The third kappa shape index (κ3) is 3.01. The van der Waals surface area contributed by atoms with Crippen LogP contribution in [0.15, 0.2) is 0 Å². The molecule has 3 rings (SSSR count). The fourth-order valence-electron chi connectivity index (χ4n) is 4.26. The molecular formula is C16H28N2O2. The molecule has 0 aromatic rings. The number of hydrogen-bond donors (Lipinski definition) is 2. The summed E-state index contributed by atoms with van der Waals surface area (Å²) in [6, 6.07) is 0. The van der Waals surface area contributed by atoms with Crippen molar-refractivity contribution in [2.24, 2.45) is 11.8 Å². The summed E-state index contributed by atoms with van der Waals surface area (Å²) in [7, 11) is 0. The third-order valence-corrected chi connectivity index (χ3v) is 5.70. The fourth-order valence-corrected chi connectivity index (χ4v) is 4.26. The van der Waals surface area contributed by atoms with Crippen molar-refractivity contribution in [1.82, 2.24) is 10.2 Å². The summed E-state index contributed by atoms with van der Waals surface area (Å²) in [6.07, 6.45) is 8.16. The predicted molar refractivity (Wildman–Crippen MR) is 78.3 cm³/mol. The maximum absolute atomic E-state index is 12.5. The van der Waals surface area contributed by atoms with E-state index in [1.54, 1.807) is 0 Å². The zero-order valence-electron chi connectivity index (χ0n) is 12.4. The van der Waals surface area contributed by atoms with E-state index in [-0.39, 0.29) is 0 Å². The number of amides is 1. The highest BCUT2D eigenvalue weighted by molar-refractivity contribution is 5.76. The number of fused-ring (bicyclic) bond motifs is 1. The van der Waals surface area contributed by atoms with Crippen LogP contribution in [0.5, 0.6) is 0 Å². The molecule has 2 heterocycles. The lowest BCUT2D eigenvalue weighted by molar-refractivity contribution is -0.144. The average Bonchev–Trinajstić information content (AvgIpc) is 2.47. The highest BCUT2D eigenvalue weighted by Crippen LogP contribution is 2.40. The predicted octanol–water partition coefficient (Wildman–Crippen LogP) is 1.53. The smallest absolute Gasteiger partial charge is 0.222 e. The number of aliphatic hydroxyl groups is 1. The molecule has 1 saturated carbocycles. The standard InChI is InChI=1S/C16H28N2O2/c19-15(11-13-4-8-17-9-5-13)18-10-7-16(20)6-2-1-3-14(16)12-18/h13-14,17,20H,1-12H2. The zero-order valence-corrected chi connectivity index (χ0v) is 12.4. The quantitative estimate of drug-likeness (QED) is 0.806. The maximum Gasteiger partial charge on any atom is 0.222 e. The van der Waals surface area contributed by atoms with Gasteiger partial charge in [-0.05, 0) is 51.1 Å². The molecule has 0 bridgehead atoms. The number of hydrogen-bond acceptors (Lipinski definition) is 3. The van der Waals surface area contributed by atoms with Crippen molar-refractivity contribution < 1.29 is 9.90 Å². The van der Waals surface area contributed by atoms with E-state index in [4.69, 9.17) is 0 Å². The van der Waals surface area contributed by atoms with E-state index in [0.29, 0.717) is 24.2 Å². The Balaban J connectivity index is 1.54. The first-order valence-electron chi connectivity index (χ1n) is 8.38. The van der Waals surface area contributed by atoms with Crippen molar-refractivity contribution >= 4 is 5.91 Å². The third-order valence-electron chi connectivity index (χ3n) is 5.70. The first-order valence-corrected chi connectivity index (χ1v) is 8.38. The van der Waals surface area contributed by atoms with Crippen molar-refractivity contribution in [1.29, 1.82) is 0 Å².